The molecule has 1 atom stereocenters. The smallest absolute Gasteiger partial charge is 0.233 e. The van der Waals surface area contributed by atoms with E-state index >= 15 is 0 Å². The van der Waals surface area contributed by atoms with Crippen molar-refractivity contribution in [1.82, 2.24) is 10.2 Å². The maximum absolute atomic E-state index is 12.6. The number of carbonyl (C=O) groups is 1. The van der Waals surface area contributed by atoms with Crippen LogP contribution in [0.5, 0.6) is 0 Å². The van der Waals surface area contributed by atoms with Crippen LogP contribution in [-0.2, 0) is 10.5 Å². The summed E-state index contributed by atoms with van der Waals surface area (Å²) in [6.45, 7) is 2.00. The molecule has 7 heteroatoms. The van der Waals surface area contributed by atoms with Gasteiger partial charge in [-0.1, -0.05) is 72.5 Å². The first-order valence-electron chi connectivity index (χ1n) is 8.50. The predicted molar refractivity (Wildman–Crippen MR) is 109 cm³/mol. The van der Waals surface area contributed by atoms with Crippen LogP contribution >= 0.6 is 23.1 Å². The molecular weight excluding hydrogens is 376 g/mol. The van der Waals surface area contributed by atoms with Gasteiger partial charge in [0.15, 0.2) is 4.34 Å². The number of hydrogen-bond acceptors (Lipinski definition) is 6. The number of nitrogens with zero attached hydrogens (tertiary/aromatic N) is 3. The maximum Gasteiger partial charge on any atom is 0.233 e. The SMILES string of the molecule is CC[C@H](C(=O)Nc1nnc(SCc2ccc(C#N)cc2)s1)c1ccccc1. The van der Waals surface area contributed by atoms with Crippen LogP contribution in [0.3, 0.4) is 0 Å². The van der Waals surface area contributed by atoms with E-state index in [2.05, 4.69) is 21.6 Å². The Hall–Kier alpha value is -2.69. The molecule has 0 spiro atoms. The third-order valence-electron chi connectivity index (χ3n) is 4.01. The topological polar surface area (TPSA) is 78.7 Å². The fraction of sp³-hybridized carbons (Fsp3) is 0.200. The largest absolute Gasteiger partial charge is 0.300 e. The third-order valence-corrected chi connectivity index (χ3v) is 6.05. The summed E-state index contributed by atoms with van der Waals surface area (Å²) in [4.78, 5) is 12.6. The molecule has 2 aromatic carbocycles. The van der Waals surface area contributed by atoms with E-state index in [0.29, 0.717) is 10.7 Å². The average molecular weight is 395 g/mol. The molecule has 1 N–H and O–H groups in total. The molecule has 136 valence electrons. The fourth-order valence-corrected chi connectivity index (χ4v) is 4.30. The van der Waals surface area contributed by atoms with Crippen molar-refractivity contribution in [3.05, 3.63) is 71.3 Å². The number of nitrogens with one attached hydrogen (secondary N) is 1. The summed E-state index contributed by atoms with van der Waals surface area (Å²) in [7, 11) is 0. The Labute approximate surface area is 166 Å². The second kappa shape index (κ2) is 9.31. The summed E-state index contributed by atoms with van der Waals surface area (Å²) in [5.74, 6) is 0.462. The molecular formula is C20H18N4OS2. The van der Waals surface area contributed by atoms with E-state index in [1.165, 1.54) is 11.3 Å². The minimum absolute atomic E-state index is 0.0662. The molecule has 0 radical (unpaired) electrons. The number of thioether (sulfide) groups is 1. The van der Waals surface area contributed by atoms with Crippen LogP contribution < -0.4 is 5.32 Å². The fourth-order valence-electron chi connectivity index (χ4n) is 2.59. The van der Waals surface area contributed by atoms with Crippen LogP contribution in [0.4, 0.5) is 5.13 Å². The third kappa shape index (κ3) is 5.16. The Morgan fingerprint density at radius 3 is 2.59 bits per heavy atom. The summed E-state index contributed by atoms with van der Waals surface area (Å²) < 4.78 is 0.794. The van der Waals surface area contributed by atoms with Gasteiger partial charge in [0.2, 0.25) is 11.0 Å². The standard InChI is InChI=1S/C20H18N4OS2/c1-2-17(16-6-4-3-5-7-16)18(25)22-19-23-24-20(27-19)26-13-15-10-8-14(12-21)9-11-15/h3-11,17H,2,13H2,1H3,(H,22,23,25)/t17-/m0/s1. The Morgan fingerprint density at radius 2 is 1.93 bits per heavy atom. The van der Waals surface area contributed by atoms with Crippen LogP contribution in [0, 0.1) is 11.3 Å². The molecule has 3 rings (SSSR count). The van der Waals surface area contributed by atoms with Gasteiger partial charge in [-0.3, -0.25) is 10.1 Å². The van der Waals surface area contributed by atoms with E-state index < -0.39 is 0 Å². The Morgan fingerprint density at radius 1 is 1.19 bits per heavy atom. The predicted octanol–water partition coefficient (Wildman–Crippen LogP) is 4.83. The van der Waals surface area contributed by atoms with Crippen molar-refractivity contribution in [3.63, 3.8) is 0 Å². The van der Waals surface area contributed by atoms with E-state index in [0.717, 1.165) is 27.6 Å². The lowest BCUT2D eigenvalue weighted by Gasteiger charge is -2.13. The highest BCUT2D eigenvalue weighted by Crippen LogP contribution is 2.29. The van der Waals surface area contributed by atoms with E-state index in [9.17, 15) is 4.79 Å². The van der Waals surface area contributed by atoms with E-state index in [4.69, 9.17) is 5.26 Å². The zero-order chi connectivity index (χ0) is 19.1. The molecule has 0 unspecified atom stereocenters. The molecule has 1 aromatic heterocycles. The number of aromatic nitrogens is 2. The Bertz CT molecular complexity index is 933. The zero-order valence-electron chi connectivity index (χ0n) is 14.8. The highest BCUT2D eigenvalue weighted by atomic mass is 32.2. The first kappa shape index (κ1) is 19.1. The molecule has 0 saturated heterocycles. The van der Waals surface area contributed by atoms with E-state index in [1.54, 1.807) is 23.9 Å². The molecule has 27 heavy (non-hydrogen) atoms. The minimum atomic E-state index is -0.204. The molecule has 5 nitrogen and oxygen atoms in total. The second-order valence-electron chi connectivity index (χ2n) is 5.83. The van der Waals surface area contributed by atoms with Gasteiger partial charge < -0.3 is 0 Å². The molecule has 0 aliphatic heterocycles. The molecule has 0 aliphatic carbocycles. The first-order chi connectivity index (χ1) is 13.2. The van der Waals surface area contributed by atoms with Gasteiger partial charge in [0, 0.05) is 5.75 Å². The lowest BCUT2D eigenvalue weighted by molar-refractivity contribution is -0.117. The molecule has 1 amide bonds. The lowest BCUT2D eigenvalue weighted by Crippen LogP contribution is -2.20. The number of rotatable bonds is 7. The van der Waals surface area contributed by atoms with Crippen molar-refractivity contribution in [2.75, 3.05) is 5.32 Å². The number of amides is 1. The van der Waals surface area contributed by atoms with Gasteiger partial charge in [0.25, 0.3) is 0 Å². The van der Waals surface area contributed by atoms with Crippen molar-refractivity contribution in [3.8, 4) is 6.07 Å². The average Bonchev–Trinajstić information content (AvgIpc) is 3.15. The van der Waals surface area contributed by atoms with Gasteiger partial charge in [-0.2, -0.15) is 5.26 Å². The van der Waals surface area contributed by atoms with Gasteiger partial charge in [0.05, 0.1) is 17.6 Å². The molecule has 3 aromatic rings. The molecule has 0 fully saturated rings. The molecule has 0 saturated carbocycles. The van der Waals surface area contributed by atoms with Crippen LogP contribution in [0.25, 0.3) is 0 Å². The minimum Gasteiger partial charge on any atom is -0.300 e. The maximum atomic E-state index is 12.6. The molecule has 1 heterocycles. The lowest BCUT2D eigenvalue weighted by atomic mass is 9.96. The van der Waals surface area contributed by atoms with E-state index in [-0.39, 0.29) is 11.8 Å². The summed E-state index contributed by atoms with van der Waals surface area (Å²) in [5.41, 5.74) is 2.75. The zero-order valence-corrected chi connectivity index (χ0v) is 16.4. The first-order valence-corrected chi connectivity index (χ1v) is 10.3. The van der Waals surface area contributed by atoms with Gasteiger partial charge >= 0.3 is 0 Å². The van der Waals surface area contributed by atoms with Crippen LogP contribution in [0.1, 0.15) is 36.0 Å². The van der Waals surface area contributed by atoms with Gasteiger partial charge in [0.1, 0.15) is 0 Å². The van der Waals surface area contributed by atoms with Crippen molar-refractivity contribution in [1.29, 1.82) is 5.26 Å². The number of anilines is 1. The number of carbonyl (C=O) groups excluding carboxylic acids is 1. The summed E-state index contributed by atoms with van der Waals surface area (Å²) >= 11 is 2.92. The number of hydrogen-bond donors (Lipinski definition) is 1. The van der Waals surface area contributed by atoms with Crippen molar-refractivity contribution in [2.24, 2.45) is 0 Å². The summed E-state index contributed by atoms with van der Waals surface area (Å²) in [5, 5.41) is 20.4. The highest BCUT2D eigenvalue weighted by molar-refractivity contribution is 8.00. The van der Waals surface area contributed by atoms with Crippen LogP contribution in [0.2, 0.25) is 0 Å². The quantitative estimate of drug-likeness (QED) is 0.458. The molecule has 0 aliphatic rings. The number of benzene rings is 2. The van der Waals surface area contributed by atoms with Crippen molar-refractivity contribution >= 4 is 34.1 Å². The number of nitriles is 1. The van der Waals surface area contributed by atoms with Crippen LogP contribution in [-0.4, -0.2) is 16.1 Å². The van der Waals surface area contributed by atoms with E-state index in [1.807, 2.05) is 49.4 Å². The Kier molecular flexibility index (Phi) is 6.58. The summed E-state index contributed by atoms with van der Waals surface area (Å²) in [6.07, 6.45) is 0.717. The normalized spacial score (nSPS) is 11.6. The van der Waals surface area contributed by atoms with Crippen molar-refractivity contribution in [2.45, 2.75) is 29.4 Å². The van der Waals surface area contributed by atoms with Crippen LogP contribution in [0.15, 0.2) is 58.9 Å². The highest BCUT2D eigenvalue weighted by Gasteiger charge is 2.20. The Balaban J connectivity index is 1.58. The van der Waals surface area contributed by atoms with Gasteiger partial charge in [-0.15, -0.1) is 10.2 Å². The summed E-state index contributed by atoms with van der Waals surface area (Å²) in [6, 6.07) is 19.3. The second-order valence-corrected chi connectivity index (χ2v) is 8.03. The van der Waals surface area contributed by atoms with Gasteiger partial charge in [-0.25, -0.2) is 0 Å². The molecule has 0 bridgehead atoms. The van der Waals surface area contributed by atoms with Gasteiger partial charge in [-0.05, 0) is 29.7 Å². The van der Waals surface area contributed by atoms with Crippen molar-refractivity contribution < 1.29 is 4.79 Å². The monoisotopic (exact) mass is 394 g/mol.